The fourth-order valence-corrected chi connectivity index (χ4v) is 4.70. The number of benzene rings is 1. The minimum absolute atomic E-state index is 0.0618. The van der Waals surface area contributed by atoms with E-state index in [1.165, 1.54) is 24.6 Å². The van der Waals surface area contributed by atoms with E-state index in [1.54, 1.807) is 4.90 Å². The first-order valence-corrected chi connectivity index (χ1v) is 12.9. The molecule has 38 heavy (non-hydrogen) atoms. The van der Waals surface area contributed by atoms with E-state index >= 15 is 0 Å². The summed E-state index contributed by atoms with van der Waals surface area (Å²) in [5.74, 6) is -0.678. The van der Waals surface area contributed by atoms with E-state index in [2.05, 4.69) is 10.3 Å². The fourth-order valence-electron chi connectivity index (χ4n) is 4.14. The largest absolute Gasteiger partial charge is 0.486 e. The van der Waals surface area contributed by atoms with Gasteiger partial charge in [-0.15, -0.1) is 0 Å². The lowest BCUT2D eigenvalue weighted by molar-refractivity contribution is 0.0199. The van der Waals surface area contributed by atoms with Crippen molar-refractivity contribution >= 4 is 52.0 Å². The van der Waals surface area contributed by atoms with Crippen LogP contribution in [0.2, 0.25) is 10.0 Å². The number of rotatable bonds is 6. The topological polar surface area (TPSA) is 120 Å². The van der Waals surface area contributed by atoms with Crippen molar-refractivity contribution in [2.45, 2.75) is 51.7 Å². The molecule has 0 aliphatic carbocycles. The molecule has 1 aliphatic heterocycles. The molecule has 3 N–H and O–H groups in total. The second-order valence-electron chi connectivity index (χ2n) is 10.0. The molecule has 4 rings (SSSR count). The van der Waals surface area contributed by atoms with Gasteiger partial charge in [-0.25, -0.2) is 14.2 Å². The molecule has 1 aliphatic rings. The summed E-state index contributed by atoms with van der Waals surface area (Å²) in [6.07, 6.45) is 3.80. The van der Waals surface area contributed by atoms with Crippen LogP contribution in [0.25, 0.3) is 11.0 Å². The Hall–Kier alpha value is -3.24. The molecule has 3 heterocycles. The average Bonchev–Trinajstić information content (AvgIpc) is 3.28. The Morgan fingerprint density at radius 1 is 1.26 bits per heavy atom. The van der Waals surface area contributed by atoms with Crippen molar-refractivity contribution in [2.24, 2.45) is 0 Å². The van der Waals surface area contributed by atoms with Crippen LogP contribution < -0.4 is 15.8 Å². The van der Waals surface area contributed by atoms with Gasteiger partial charge in [0, 0.05) is 36.8 Å². The highest BCUT2D eigenvalue weighted by Gasteiger charge is 2.28. The quantitative estimate of drug-likeness (QED) is 0.372. The van der Waals surface area contributed by atoms with E-state index in [0.717, 1.165) is 0 Å². The van der Waals surface area contributed by atoms with E-state index in [9.17, 15) is 14.0 Å². The van der Waals surface area contributed by atoms with Gasteiger partial charge in [0.1, 0.15) is 17.7 Å². The molecule has 0 saturated carbocycles. The van der Waals surface area contributed by atoms with Crippen LogP contribution in [-0.4, -0.2) is 53.2 Å². The number of amides is 2. The Labute approximate surface area is 229 Å². The van der Waals surface area contributed by atoms with Crippen LogP contribution in [0.5, 0.6) is 5.75 Å². The maximum atomic E-state index is 13.8. The van der Waals surface area contributed by atoms with Crippen molar-refractivity contribution in [3.05, 3.63) is 51.6 Å². The second kappa shape index (κ2) is 11.2. The number of nitrogens with zero attached hydrogens (tertiary/aromatic N) is 2. The average molecular weight is 567 g/mol. The number of hydrogen-bond acceptors (Lipinski definition) is 7. The Balaban J connectivity index is 1.40. The number of piperidine rings is 1. The standard InChI is InChI=1S/C26H29Cl2FN4O5/c1-26(2,3)38-25(35)33-9-6-14(7-10-33)32-24(34)17-13-37-21-16(17)12-31-23(30)22(21)36-11-8-15-18(27)4-5-19(29)20(15)28/h4-5,12-14H,6-11H2,1-3H3,(H2,30,31)(H,32,34). The van der Waals surface area contributed by atoms with Gasteiger partial charge in [-0.1, -0.05) is 23.2 Å². The van der Waals surface area contributed by atoms with Gasteiger partial charge < -0.3 is 29.8 Å². The number of hydrogen-bond donors (Lipinski definition) is 2. The summed E-state index contributed by atoms with van der Waals surface area (Å²) >= 11 is 12.2. The Kier molecular flexibility index (Phi) is 8.22. The molecule has 2 amide bonds. The molecule has 0 spiro atoms. The van der Waals surface area contributed by atoms with Gasteiger partial charge in [0.25, 0.3) is 5.91 Å². The minimum atomic E-state index is -0.577. The molecule has 1 saturated heterocycles. The van der Waals surface area contributed by atoms with Gasteiger partial charge in [0.15, 0.2) is 11.4 Å². The highest BCUT2D eigenvalue weighted by atomic mass is 35.5. The first-order valence-electron chi connectivity index (χ1n) is 12.1. The van der Waals surface area contributed by atoms with Crippen LogP contribution in [0.4, 0.5) is 15.0 Å². The number of halogens is 3. The summed E-state index contributed by atoms with van der Waals surface area (Å²) in [6.45, 7) is 6.47. The zero-order chi connectivity index (χ0) is 27.6. The lowest BCUT2D eigenvalue weighted by Gasteiger charge is -2.33. The number of nitrogen functional groups attached to an aromatic ring is 1. The summed E-state index contributed by atoms with van der Waals surface area (Å²) in [5, 5.41) is 3.67. The number of likely N-dealkylation sites (tertiary alicyclic amines) is 1. The number of anilines is 1. The Bertz CT molecular complexity index is 1350. The van der Waals surface area contributed by atoms with Gasteiger partial charge >= 0.3 is 6.09 Å². The summed E-state index contributed by atoms with van der Waals surface area (Å²) in [4.78, 5) is 31.1. The predicted octanol–water partition coefficient (Wildman–Crippen LogP) is 5.61. The molecule has 0 atom stereocenters. The number of aromatic nitrogens is 1. The Morgan fingerprint density at radius 3 is 2.66 bits per heavy atom. The third-order valence-corrected chi connectivity index (χ3v) is 6.83. The Morgan fingerprint density at radius 2 is 1.97 bits per heavy atom. The highest BCUT2D eigenvalue weighted by Crippen LogP contribution is 2.34. The van der Waals surface area contributed by atoms with Crippen molar-refractivity contribution in [2.75, 3.05) is 25.4 Å². The number of pyridine rings is 1. The summed E-state index contributed by atoms with van der Waals surface area (Å²) in [5.41, 5.74) is 6.39. The van der Waals surface area contributed by atoms with Crippen LogP contribution in [0.1, 0.15) is 49.5 Å². The molecular weight excluding hydrogens is 538 g/mol. The zero-order valence-corrected chi connectivity index (χ0v) is 22.8. The number of carbonyl (C=O) groups excluding carboxylic acids is 2. The fraction of sp³-hybridized carbons (Fsp3) is 0.423. The van der Waals surface area contributed by atoms with Crippen molar-refractivity contribution in [1.82, 2.24) is 15.2 Å². The van der Waals surface area contributed by atoms with Crippen LogP contribution in [0, 0.1) is 5.82 Å². The molecule has 1 aromatic carbocycles. The maximum absolute atomic E-state index is 13.8. The third-order valence-electron chi connectivity index (χ3n) is 6.06. The van der Waals surface area contributed by atoms with Crippen LogP contribution in [0.3, 0.4) is 0 Å². The SMILES string of the molecule is CC(C)(C)OC(=O)N1CCC(NC(=O)c2coc3c(OCCc4c(Cl)ccc(F)c4Cl)c(N)ncc23)CC1. The van der Waals surface area contributed by atoms with Crippen molar-refractivity contribution < 1.29 is 27.9 Å². The molecule has 9 nitrogen and oxygen atoms in total. The number of fused-ring (bicyclic) bond motifs is 1. The molecular formula is C26H29Cl2FN4O5. The molecule has 1 fully saturated rings. The first kappa shape index (κ1) is 27.8. The molecule has 3 aromatic rings. The van der Waals surface area contributed by atoms with Gasteiger partial charge in [-0.3, -0.25) is 4.79 Å². The summed E-state index contributed by atoms with van der Waals surface area (Å²) in [7, 11) is 0. The zero-order valence-electron chi connectivity index (χ0n) is 21.3. The number of nitrogens with two attached hydrogens (primary N) is 1. The smallest absolute Gasteiger partial charge is 0.410 e. The van der Waals surface area contributed by atoms with Crippen LogP contribution in [-0.2, 0) is 11.2 Å². The molecule has 0 radical (unpaired) electrons. The normalized spacial score (nSPS) is 14.5. The molecule has 0 unspecified atom stereocenters. The molecule has 204 valence electrons. The van der Waals surface area contributed by atoms with Crippen LogP contribution in [0.15, 0.2) is 29.0 Å². The lowest BCUT2D eigenvalue weighted by Crippen LogP contribution is -2.47. The molecule has 12 heteroatoms. The number of furan rings is 1. The first-order chi connectivity index (χ1) is 17.9. The summed E-state index contributed by atoms with van der Waals surface area (Å²) in [6, 6.07) is 2.50. The second-order valence-corrected chi connectivity index (χ2v) is 10.8. The van der Waals surface area contributed by atoms with Gasteiger partial charge in [-0.05, 0) is 51.3 Å². The molecule has 2 aromatic heterocycles. The molecule has 0 bridgehead atoms. The maximum Gasteiger partial charge on any atom is 0.410 e. The van der Waals surface area contributed by atoms with Crippen molar-refractivity contribution in [3.63, 3.8) is 0 Å². The lowest BCUT2D eigenvalue weighted by atomic mass is 10.0. The van der Waals surface area contributed by atoms with E-state index in [-0.39, 0.29) is 58.8 Å². The third kappa shape index (κ3) is 6.24. The number of ether oxygens (including phenoxy) is 2. The van der Waals surface area contributed by atoms with E-state index in [4.69, 9.17) is 42.8 Å². The number of nitrogens with one attached hydrogen (secondary N) is 1. The highest BCUT2D eigenvalue weighted by molar-refractivity contribution is 6.36. The van der Waals surface area contributed by atoms with Crippen molar-refractivity contribution in [1.29, 1.82) is 0 Å². The van der Waals surface area contributed by atoms with Crippen molar-refractivity contribution in [3.8, 4) is 5.75 Å². The van der Waals surface area contributed by atoms with E-state index in [0.29, 0.717) is 41.9 Å². The monoisotopic (exact) mass is 566 g/mol. The number of carbonyl (C=O) groups is 2. The van der Waals surface area contributed by atoms with Gasteiger partial charge in [0.2, 0.25) is 5.75 Å². The minimum Gasteiger partial charge on any atom is -0.486 e. The van der Waals surface area contributed by atoms with Gasteiger partial charge in [0.05, 0.1) is 22.6 Å². The summed E-state index contributed by atoms with van der Waals surface area (Å²) < 4.78 is 30.7. The van der Waals surface area contributed by atoms with Crippen LogP contribution >= 0.6 is 23.2 Å². The predicted molar refractivity (Wildman–Crippen MR) is 142 cm³/mol. The van der Waals surface area contributed by atoms with E-state index < -0.39 is 11.4 Å². The van der Waals surface area contributed by atoms with E-state index in [1.807, 2.05) is 20.8 Å². The van der Waals surface area contributed by atoms with Gasteiger partial charge in [-0.2, -0.15) is 0 Å².